The van der Waals surface area contributed by atoms with Gasteiger partial charge in [0.2, 0.25) is 5.91 Å². The van der Waals surface area contributed by atoms with Crippen molar-refractivity contribution in [2.24, 2.45) is 11.3 Å². The highest BCUT2D eigenvalue weighted by molar-refractivity contribution is 7.16. The average molecular weight is 313 g/mol. The molecule has 2 aliphatic rings. The third kappa shape index (κ3) is 2.49. The fraction of sp³-hybridized carbons (Fsp3) is 0.667. The van der Waals surface area contributed by atoms with Gasteiger partial charge in [0, 0.05) is 11.4 Å². The number of carbonyl (C=O) groups is 1. The van der Waals surface area contributed by atoms with Crippen LogP contribution in [-0.4, -0.2) is 19.0 Å². The Balaban J connectivity index is 1.72. The molecule has 2 heterocycles. The molecular weight excluding hydrogens is 292 g/mol. The molecule has 1 aromatic rings. The number of amides is 1. The van der Waals surface area contributed by atoms with E-state index in [0.29, 0.717) is 5.92 Å². The topological polar surface area (TPSA) is 41.1 Å². The van der Waals surface area contributed by atoms with E-state index in [1.165, 1.54) is 19.3 Å². The lowest BCUT2D eigenvalue weighted by molar-refractivity contribution is -0.134. The number of fused-ring (bicyclic) bond motifs is 1. The summed E-state index contributed by atoms with van der Waals surface area (Å²) < 4.78 is 0.775. The highest BCUT2D eigenvalue weighted by atomic mass is 35.5. The zero-order valence-electron chi connectivity index (χ0n) is 11.7. The van der Waals surface area contributed by atoms with Crippen molar-refractivity contribution >= 4 is 28.8 Å². The largest absolute Gasteiger partial charge is 0.348 e. The first-order valence-corrected chi connectivity index (χ1v) is 8.58. The van der Waals surface area contributed by atoms with Crippen molar-refractivity contribution in [3.05, 3.63) is 21.3 Å². The second-order valence-corrected chi connectivity index (χ2v) is 7.81. The molecule has 0 spiro atoms. The van der Waals surface area contributed by atoms with Crippen LogP contribution in [0.4, 0.5) is 0 Å². The number of rotatable bonds is 3. The second-order valence-electron chi connectivity index (χ2n) is 6.07. The molecular formula is C15H21ClN2OS. The van der Waals surface area contributed by atoms with Gasteiger partial charge in [0.25, 0.3) is 0 Å². The molecule has 1 saturated carbocycles. The van der Waals surface area contributed by atoms with Gasteiger partial charge in [0.15, 0.2) is 0 Å². The summed E-state index contributed by atoms with van der Waals surface area (Å²) in [6.07, 6.45) is 4.64. The van der Waals surface area contributed by atoms with E-state index >= 15 is 0 Å². The van der Waals surface area contributed by atoms with Gasteiger partial charge in [-0.2, -0.15) is 0 Å². The number of hydrogen-bond donors (Lipinski definition) is 2. The van der Waals surface area contributed by atoms with E-state index in [0.717, 1.165) is 28.7 Å². The Morgan fingerprint density at radius 2 is 2.40 bits per heavy atom. The van der Waals surface area contributed by atoms with Crippen molar-refractivity contribution in [1.82, 2.24) is 10.6 Å². The van der Waals surface area contributed by atoms with Crippen molar-refractivity contribution in [2.75, 3.05) is 13.1 Å². The monoisotopic (exact) mass is 312 g/mol. The highest BCUT2D eigenvalue weighted by Crippen LogP contribution is 2.44. The maximum absolute atomic E-state index is 12.8. The third-order valence-corrected chi connectivity index (χ3v) is 6.27. The second kappa shape index (κ2) is 5.66. The minimum atomic E-state index is -0.173. The molecule has 20 heavy (non-hydrogen) atoms. The van der Waals surface area contributed by atoms with E-state index < -0.39 is 0 Å². The zero-order chi connectivity index (χ0) is 14.2. The molecule has 1 unspecified atom stereocenters. The predicted molar refractivity (Wildman–Crippen MR) is 83.1 cm³/mol. The SMILES string of the molecule is CC(NC(=O)[C@@]12CCCC[C@H]1CNC2)c1ccc(Cl)s1. The fourth-order valence-electron chi connectivity index (χ4n) is 3.66. The minimum absolute atomic E-state index is 0.0394. The number of halogens is 1. The number of hydrogen-bond acceptors (Lipinski definition) is 3. The molecule has 2 N–H and O–H groups in total. The van der Waals surface area contributed by atoms with Crippen LogP contribution in [0.2, 0.25) is 4.34 Å². The van der Waals surface area contributed by atoms with Crippen molar-refractivity contribution in [2.45, 2.75) is 38.6 Å². The summed E-state index contributed by atoms with van der Waals surface area (Å²) in [7, 11) is 0. The standard InChI is InChI=1S/C15H21ClN2OS/c1-10(12-5-6-13(16)20-12)18-14(19)15-7-3-2-4-11(15)8-17-9-15/h5-6,10-11,17H,2-4,7-9H2,1H3,(H,18,19)/t10?,11-,15+/m0/s1. The minimum Gasteiger partial charge on any atom is -0.348 e. The normalized spacial score (nSPS) is 30.8. The molecule has 1 saturated heterocycles. The summed E-state index contributed by atoms with van der Waals surface area (Å²) in [5, 5.41) is 6.64. The van der Waals surface area contributed by atoms with Crippen molar-refractivity contribution in [1.29, 1.82) is 0 Å². The van der Waals surface area contributed by atoms with Gasteiger partial charge in [-0.25, -0.2) is 0 Å². The molecule has 110 valence electrons. The summed E-state index contributed by atoms with van der Waals surface area (Å²) in [5.74, 6) is 0.736. The van der Waals surface area contributed by atoms with Crippen molar-refractivity contribution in [3.63, 3.8) is 0 Å². The summed E-state index contributed by atoms with van der Waals surface area (Å²) in [6, 6.07) is 3.93. The van der Waals surface area contributed by atoms with Crippen LogP contribution in [-0.2, 0) is 4.79 Å². The maximum Gasteiger partial charge on any atom is 0.228 e. The van der Waals surface area contributed by atoms with Crippen LogP contribution in [0.1, 0.15) is 43.5 Å². The summed E-state index contributed by atoms with van der Waals surface area (Å²) in [5.41, 5.74) is -0.173. The summed E-state index contributed by atoms with van der Waals surface area (Å²) in [6.45, 7) is 3.87. The molecule has 2 fully saturated rings. The van der Waals surface area contributed by atoms with Gasteiger partial charge in [0.05, 0.1) is 15.8 Å². The molecule has 5 heteroatoms. The maximum atomic E-state index is 12.8. The molecule has 3 rings (SSSR count). The van der Waals surface area contributed by atoms with Crippen LogP contribution >= 0.6 is 22.9 Å². The Labute approximate surface area is 129 Å². The Kier molecular flexibility index (Phi) is 4.07. The van der Waals surface area contributed by atoms with E-state index in [-0.39, 0.29) is 17.4 Å². The van der Waals surface area contributed by atoms with Gasteiger partial charge in [-0.15, -0.1) is 11.3 Å². The van der Waals surface area contributed by atoms with E-state index in [4.69, 9.17) is 11.6 Å². The predicted octanol–water partition coefficient (Wildman–Crippen LogP) is 3.36. The lowest BCUT2D eigenvalue weighted by Crippen LogP contribution is -2.48. The molecule has 1 aliphatic carbocycles. The first-order chi connectivity index (χ1) is 9.62. The Bertz CT molecular complexity index is 504. The Morgan fingerprint density at radius 3 is 3.15 bits per heavy atom. The molecule has 3 nitrogen and oxygen atoms in total. The van der Waals surface area contributed by atoms with Gasteiger partial charge in [-0.1, -0.05) is 24.4 Å². The van der Waals surface area contributed by atoms with Gasteiger partial charge in [-0.3, -0.25) is 4.79 Å². The average Bonchev–Trinajstić information content (AvgIpc) is 3.05. The molecule has 1 amide bonds. The molecule has 0 aromatic carbocycles. The van der Waals surface area contributed by atoms with Crippen LogP contribution < -0.4 is 10.6 Å². The number of carbonyl (C=O) groups excluding carboxylic acids is 1. The summed E-state index contributed by atoms with van der Waals surface area (Å²) >= 11 is 7.52. The third-order valence-electron chi connectivity index (χ3n) is 4.86. The zero-order valence-corrected chi connectivity index (χ0v) is 13.3. The fourth-order valence-corrected chi connectivity index (χ4v) is 4.73. The molecule has 1 aliphatic heterocycles. The van der Waals surface area contributed by atoms with Crippen molar-refractivity contribution < 1.29 is 4.79 Å². The molecule has 1 aromatic heterocycles. The number of thiophene rings is 1. The van der Waals surface area contributed by atoms with E-state index in [1.807, 2.05) is 19.1 Å². The Morgan fingerprint density at radius 1 is 1.55 bits per heavy atom. The quantitative estimate of drug-likeness (QED) is 0.898. The van der Waals surface area contributed by atoms with Crippen LogP contribution in [0.5, 0.6) is 0 Å². The Hall–Kier alpha value is -0.580. The van der Waals surface area contributed by atoms with E-state index in [9.17, 15) is 4.79 Å². The lowest BCUT2D eigenvalue weighted by Gasteiger charge is -2.37. The first kappa shape index (κ1) is 14.4. The van der Waals surface area contributed by atoms with Gasteiger partial charge < -0.3 is 10.6 Å². The van der Waals surface area contributed by atoms with Crippen LogP contribution in [0.3, 0.4) is 0 Å². The smallest absolute Gasteiger partial charge is 0.228 e. The van der Waals surface area contributed by atoms with Gasteiger partial charge in [-0.05, 0) is 44.4 Å². The number of nitrogens with one attached hydrogen (secondary N) is 2. The van der Waals surface area contributed by atoms with Gasteiger partial charge >= 0.3 is 0 Å². The van der Waals surface area contributed by atoms with E-state index in [2.05, 4.69) is 10.6 Å². The van der Waals surface area contributed by atoms with Crippen LogP contribution in [0, 0.1) is 11.3 Å². The van der Waals surface area contributed by atoms with Crippen LogP contribution in [0.15, 0.2) is 12.1 Å². The van der Waals surface area contributed by atoms with Gasteiger partial charge in [0.1, 0.15) is 0 Å². The summed E-state index contributed by atoms with van der Waals surface area (Å²) in [4.78, 5) is 13.9. The van der Waals surface area contributed by atoms with E-state index in [1.54, 1.807) is 11.3 Å². The lowest BCUT2D eigenvalue weighted by atomic mass is 9.67. The van der Waals surface area contributed by atoms with Crippen LogP contribution in [0.25, 0.3) is 0 Å². The molecule has 0 radical (unpaired) electrons. The molecule has 0 bridgehead atoms. The highest BCUT2D eigenvalue weighted by Gasteiger charge is 2.49. The first-order valence-electron chi connectivity index (χ1n) is 7.39. The van der Waals surface area contributed by atoms with Crippen molar-refractivity contribution in [3.8, 4) is 0 Å². The molecule has 3 atom stereocenters.